The lowest BCUT2D eigenvalue weighted by atomic mass is 9.82. The zero-order valence-corrected chi connectivity index (χ0v) is 6.98. The Balaban J connectivity index is 2.35. The number of rotatable bonds is 0. The van der Waals surface area contributed by atoms with E-state index in [1.165, 1.54) is 24.8 Å². The summed E-state index contributed by atoms with van der Waals surface area (Å²) in [6.45, 7) is 8.95. The van der Waals surface area contributed by atoms with Crippen LogP contribution in [0.2, 0.25) is 0 Å². The molecule has 0 heteroatoms. The van der Waals surface area contributed by atoms with Crippen molar-refractivity contribution in [2.24, 2.45) is 17.3 Å². The average Bonchev–Trinajstić information content (AvgIpc) is 2.20. The molecule has 0 N–H and O–H groups in total. The predicted molar refractivity (Wildman–Crippen MR) is 43.8 cm³/mol. The van der Waals surface area contributed by atoms with Gasteiger partial charge in [-0.2, -0.15) is 0 Å². The van der Waals surface area contributed by atoms with Gasteiger partial charge in [0.05, 0.1) is 0 Å². The van der Waals surface area contributed by atoms with Gasteiger partial charge in [0.25, 0.3) is 0 Å². The molecule has 2 fully saturated rings. The third-order valence-electron chi connectivity index (χ3n) is 3.76. The maximum atomic E-state index is 4.13. The number of hydrogen-bond acceptors (Lipinski definition) is 0. The Morgan fingerprint density at radius 1 is 1.40 bits per heavy atom. The summed E-state index contributed by atoms with van der Waals surface area (Å²) in [5.41, 5.74) is 2.12. The van der Waals surface area contributed by atoms with E-state index >= 15 is 0 Å². The Bertz CT molecular complexity index is 176. The molecule has 10 heavy (non-hydrogen) atoms. The molecule has 2 aliphatic rings. The summed E-state index contributed by atoms with van der Waals surface area (Å²) in [5, 5.41) is 0. The Labute approximate surface area is 63.3 Å². The van der Waals surface area contributed by atoms with Crippen LogP contribution in [-0.4, -0.2) is 0 Å². The van der Waals surface area contributed by atoms with Gasteiger partial charge in [0, 0.05) is 0 Å². The summed E-state index contributed by atoms with van der Waals surface area (Å²) >= 11 is 0. The minimum absolute atomic E-state index is 0.594. The Hall–Kier alpha value is -0.260. The molecule has 56 valence electrons. The van der Waals surface area contributed by atoms with Crippen LogP contribution in [0.25, 0.3) is 0 Å². The van der Waals surface area contributed by atoms with Crippen molar-refractivity contribution in [2.75, 3.05) is 0 Å². The van der Waals surface area contributed by atoms with Crippen molar-refractivity contribution in [1.82, 2.24) is 0 Å². The summed E-state index contributed by atoms with van der Waals surface area (Å²) < 4.78 is 0. The molecule has 0 nitrogen and oxygen atoms in total. The predicted octanol–water partition coefficient (Wildman–Crippen LogP) is 3.00. The van der Waals surface area contributed by atoms with Crippen LogP contribution >= 0.6 is 0 Å². The monoisotopic (exact) mass is 136 g/mol. The molecule has 0 heterocycles. The summed E-state index contributed by atoms with van der Waals surface area (Å²) in [7, 11) is 0. The first-order chi connectivity index (χ1) is 4.62. The van der Waals surface area contributed by atoms with Crippen molar-refractivity contribution < 1.29 is 0 Å². The molecule has 0 aromatic carbocycles. The van der Waals surface area contributed by atoms with Gasteiger partial charge in [-0.05, 0) is 36.5 Å². The molecule has 0 saturated heterocycles. The molecule has 2 atom stereocenters. The molecule has 0 aromatic rings. The molecule has 2 saturated carbocycles. The Morgan fingerprint density at radius 2 is 2.10 bits per heavy atom. The first-order valence-corrected chi connectivity index (χ1v) is 4.30. The summed E-state index contributed by atoms with van der Waals surface area (Å²) in [6.07, 6.45) is 4.19. The Kier molecular flexibility index (Phi) is 1.07. The van der Waals surface area contributed by atoms with Gasteiger partial charge in [-0.1, -0.05) is 26.0 Å². The number of hydrogen-bond donors (Lipinski definition) is 0. The second-order valence-electron chi connectivity index (χ2n) is 4.51. The molecule has 2 rings (SSSR count). The quantitative estimate of drug-likeness (QED) is 0.449. The van der Waals surface area contributed by atoms with Crippen LogP contribution in [-0.2, 0) is 0 Å². The van der Waals surface area contributed by atoms with Crippen LogP contribution in [0.5, 0.6) is 0 Å². The van der Waals surface area contributed by atoms with E-state index in [1.807, 2.05) is 0 Å². The van der Waals surface area contributed by atoms with E-state index in [4.69, 9.17) is 0 Å². The average molecular weight is 136 g/mol. The van der Waals surface area contributed by atoms with Gasteiger partial charge in [-0.3, -0.25) is 0 Å². The van der Waals surface area contributed by atoms with Gasteiger partial charge in [0.1, 0.15) is 0 Å². The molecule has 0 amide bonds. The van der Waals surface area contributed by atoms with Crippen LogP contribution in [0.4, 0.5) is 0 Å². The fraction of sp³-hybridized carbons (Fsp3) is 0.800. The highest BCUT2D eigenvalue weighted by Crippen LogP contribution is 2.59. The molecule has 0 aromatic heterocycles. The van der Waals surface area contributed by atoms with Crippen molar-refractivity contribution in [2.45, 2.75) is 33.1 Å². The molecular formula is C10H16. The van der Waals surface area contributed by atoms with Gasteiger partial charge in [0.2, 0.25) is 0 Å². The van der Waals surface area contributed by atoms with E-state index in [9.17, 15) is 0 Å². The van der Waals surface area contributed by atoms with Crippen molar-refractivity contribution in [3.05, 3.63) is 12.2 Å². The summed E-state index contributed by atoms with van der Waals surface area (Å²) in [5.74, 6) is 1.82. The molecule has 0 radical (unpaired) electrons. The zero-order chi connectivity index (χ0) is 7.35. The van der Waals surface area contributed by atoms with Crippen molar-refractivity contribution in [1.29, 1.82) is 0 Å². The molecule has 0 spiro atoms. The smallest absolute Gasteiger partial charge is 0.0152 e. The maximum Gasteiger partial charge on any atom is -0.0152 e. The fourth-order valence-corrected chi connectivity index (χ4v) is 2.95. The highest BCUT2D eigenvalue weighted by molar-refractivity contribution is 5.19. The van der Waals surface area contributed by atoms with E-state index in [-0.39, 0.29) is 0 Å². The Morgan fingerprint density at radius 3 is 2.30 bits per heavy atom. The fourth-order valence-electron chi connectivity index (χ4n) is 2.95. The lowest BCUT2D eigenvalue weighted by Gasteiger charge is -2.23. The third kappa shape index (κ3) is 0.574. The van der Waals surface area contributed by atoms with E-state index < -0.39 is 0 Å². The largest absolute Gasteiger partial charge is 0.0995 e. The first-order valence-electron chi connectivity index (χ1n) is 4.30. The lowest BCUT2D eigenvalue weighted by Crippen LogP contribution is -2.16. The number of allylic oxidation sites excluding steroid dienone is 1. The van der Waals surface area contributed by atoms with Crippen LogP contribution in [0.1, 0.15) is 33.1 Å². The highest BCUT2D eigenvalue weighted by Gasteiger charge is 2.49. The highest BCUT2D eigenvalue weighted by atomic mass is 14.5. The van der Waals surface area contributed by atoms with E-state index in [1.54, 1.807) is 0 Å². The standard InChI is InChI=1S/C10H16/c1-7-6-8-4-5-9(7)10(8,2)3/h8-9H,1,4-6H2,2-3H3. The number of fused-ring (bicyclic) bond motifs is 2. The van der Waals surface area contributed by atoms with Crippen LogP contribution in [0, 0.1) is 17.3 Å². The molecule has 2 unspecified atom stereocenters. The van der Waals surface area contributed by atoms with Crippen molar-refractivity contribution in [3.8, 4) is 0 Å². The maximum absolute atomic E-state index is 4.13. The van der Waals surface area contributed by atoms with Crippen molar-refractivity contribution in [3.63, 3.8) is 0 Å². The van der Waals surface area contributed by atoms with E-state index in [0.717, 1.165) is 11.8 Å². The second-order valence-corrected chi connectivity index (χ2v) is 4.51. The minimum atomic E-state index is 0.594. The minimum Gasteiger partial charge on any atom is -0.0995 e. The summed E-state index contributed by atoms with van der Waals surface area (Å²) in [4.78, 5) is 0. The second kappa shape index (κ2) is 1.66. The lowest BCUT2D eigenvalue weighted by molar-refractivity contribution is 0.267. The SMILES string of the molecule is C=C1CC2CCC1C2(C)C. The normalized spacial score (nSPS) is 42.8. The molecule has 2 bridgehead atoms. The summed E-state index contributed by atoms with van der Waals surface area (Å²) in [6, 6.07) is 0. The van der Waals surface area contributed by atoms with Gasteiger partial charge in [-0.15, -0.1) is 0 Å². The van der Waals surface area contributed by atoms with E-state index in [0.29, 0.717) is 5.41 Å². The van der Waals surface area contributed by atoms with Gasteiger partial charge >= 0.3 is 0 Å². The van der Waals surface area contributed by atoms with Crippen molar-refractivity contribution >= 4 is 0 Å². The van der Waals surface area contributed by atoms with Gasteiger partial charge < -0.3 is 0 Å². The first kappa shape index (κ1) is 6.45. The molecule has 2 aliphatic carbocycles. The molecular weight excluding hydrogens is 120 g/mol. The van der Waals surface area contributed by atoms with Gasteiger partial charge in [0.15, 0.2) is 0 Å². The zero-order valence-electron chi connectivity index (χ0n) is 6.98. The third-order valence-corrected chi connectivity index (χ3v) is 3.76. The van der Waals surface area contributed by atoms with Gasteiger partial charge in [-0.25, -0.2) is 0 Å². The molecule has 0 aliphatic heterocycles. The topological polar surface area (TPSA) is 0 Å². The van der Waals surface area contributed by atoms with Crippen LogP contribution in [0.15, 0.2) is 12.2 Å². The van der Waals surface area contributed by atoms with Crippen LogP contribution in [0.3, 0.4) is 0 Å². The van der Waals surface area contributed by atoms with E-state index in [2.05, 4.69) is 20.4 Å². The van der Waals surface area contributed by atoms with Crippen LogP contribution < -0.4 is 0 Å².